The van der Waals surface area contributed by atoms with Crippen LogP contribution in [0.5, 0.6) is 0 Å². The Kier molecular flexibility index (Phi) is 5.12. The third-order valence-electron chi connectivity index (χ3n) is 3.39. The third-order valence-corrected chi connectivity index (χ3v) is 3.39. The average Bonchev–Trinajstić information content (AvgIpc) is 2.45. The molecule has 0 aliphatic heterocycles. The molecule has 2 rings (SSSR count). The van der Waals surface area contributed by atoms with Crippen LogP contribution in [-0.2, 0) is 6.54 Å². The van der Waals surface area contributed by atoms with E-state index in [-0.39, 0.29) is 5.91 Å². The summed E-state index contributed by atoms with van der Waals surface area (Å²) >= 11 is 0. The summed E-state index contributed by atoms with van der Waals surface area (Å²) in [5.74, 6) is -0.0619. The first-order chi connectivity index (χ1) is 10.1. The van der Waals surface area contributed by atoms with Crippen LogP contribution in [0.3, 0.4) is 0 Å². The highest BCUT2D eigenvalue weighted by molar-refractivity contribution is 6.05. The van der Waals surface area contributed by atoms with Gasteiger partial charge in [0.1, 0.15) is 0 Å². The quantitative estimate of drug-likeness (QED) is 0.878. The molecule has 0 aliphatic rings. The number of carbonyl (C=O) groups is 1. The lowest BCUT2D eigenvalue weighted by molar-refractivity contribution is 0.102. The highest BCUT2D eigenvalue weighted by atomic mass is 16.1. The molecule has 0 atom stereocenters. The fourth-order valence-electron chi connectivity index (χ4n) is 2.30. The lowest BCUT2D eigenvalue weighted by Gasteiger charge is -2.10. The van der Waals surface area contributed by atoms with E-state index in [9.17, 15) is 4.79 Å². The minimum absolute atomic E-state index is 0.0619. The Bertz CT molecular complexity index is 635. The highest BCUT2D eigenvalue weighted by Gasteiger charge is 2.09. The smallest absolute Gasteiger partial charge is 0.255 e. The molecule has 2 N–H and O–H groups in total. The summed E-state index contributed by atoms with van der Waals surface area (Å²) in [4.78, 5) is 12.3. The van der Waals surface area contributed by atoms with Crippen molar-refractivity contribution in [2.45, 2.75) is 27.3 Å². The van der Waals surface area contributed by atoms with Crippen LogP contribution in [0, 0.1) is 13.8 Å². The Morgan fingerprint density at radius 3 is 2.62 bits per heavy atom. The van der Waals surface area contributed by atoms with E-state index in [0.29, 0.717) is 0 Å². The molecule has 3 nitrogen and oxygen atoms in total. The lowest BCUT2D eigenvalue weighted by Crippen LogP contribution is -2.15. The molecule has 0 saturated carbocycles. The van der Waals surface area contributed by atoms with Crippen molar-refractivity contribution >= 4 is 11.6 Å². The third kappa shape index (κ3) is 4.17. The molecule has 2 aromatic rings. The summed E-state index contributed by atoms with van der Waals surface area (Å²) in [6.07, 6.45) is 0. The molecule has 0 fully saturated rings. The number of rotatable bonds is 5. The van der Waals surface area contributed by atoms with Gasteiger partial charge in [-0.25, -0.2) is 0 Å². The number of carbonyl (C=O) groups excluding carboxylic acids is 1. The number of benzene rings is 2. The van der Waals surface area contributed by atoms with Crippen molar-refractivity contribution in [1.82, 2.24) is 5.32 Å². The van der Waals surface area contributed by atoms with E-state index in [1.54, 1.807) is 0 Å². The normalized spacial score (nSPS) is 10.4. The zero-order chi connectivity index (χ0) is 15.2. The van der Waals surface area contributed by atoms with Gasteiger partial charge in [0.15, 0.2) is 0 Å². The van der Waals surface area contributed by atoms with E-state index in [2.05, 4.69) is 23.6 Å². The van der Waals surface area contributed by atoms with E-state index in [1.165, 1.54) is 0 Å². The molecular formula is C18H22N2O. The van der Waals surface area contributed by atoms with Gasteiger partial charge in [-0.2, -0.15) is 0 Å². The average molecular weight is 282 g/mol. The Labute approximate surface area is 126 Å². The van der Waals surface area contributed by atoms with E-state index in [0.717, 1.165) is 41.0 Å². The molecular weight excluding hydrogens is 260 g/mol. The summed E-state index contributed by atoms with van der Waals surface area (Å²) in [6, 6.07) is 13.8. The molecule has 0 unspecified atom stereocenters. The molecule has 21 heavy (non-hydrogen) atoms. The molecule has 0 aromatic heterocycles. The van der Waals surface area contributed by atoms with Crippen LogP contribution in [0.4, 0.5) is 5.69 Å². The number of nitrogens with one attached hydrogen (secondary N) is 2. The number of amides is 1. The second-order valence-electron chi connectivity index (χ2n) is 5.25. The fourth-order valence-corrected chi connectivity index (χ4v) is 2.30. The summed E-state index contributed by atoms with van der Waals surface area (Å²) in [6.45, 7) is 7.80. The van der Waals surface area contributed by atoms with Crippen molar-refractivity contribution in [3.63, 3.8) is 0 Å². The van der Waals surface area contributed by atoms with Crippen LogP contribution in [0.25, 0.3) is 0 Å². The van der Waals surface area contributed by atoms with Gasteiger partial charge in [0.25, 0.3) is 5.91 Å². The van der Waals surface area contributed by atoms with Crippen molar-refractivity contribution in [1.29, 1.82) is 0 Å². The van der Waals surface area contributed by atoms with Gasteiger partial charge < -0.3 is 10.6 Å². The highest BCUT2D eigenvalue weighted by Crippen LogP contribution is 2.15. The summed E-state index contributed by atoms with van der Waals surface area (Å²) in [5.41, 5.74) is 4.87. The number of hydrogen-bond acceptors (Lipinski definition) is 2. The van der Waals surface area contributed by atoms with Gasteiger partial charge >= 0.3 is 0 Å². The number of anilines is 1. The standard InChI is InChI=1S/C18H22N2O/c1-4-19-12-15-6-5-7-16(11-15)20-18(21)17-9-8-13(2)10-14(17)3/h5-11,19H,4,12H2,1-3H3,(H,20,21). The minimum atomic E-state index is -0.0619. The van der Waals surface area contributed by atoms with Gasteiger partial charge in [0, 0.05) is 17.8 Å². The molecule has 0 radical (unpaired) electrons. The van der Waals surface area contributed by atoms with Crippen LogP contribution in [0.15, 0.2) is 42.5 Å². The van der Waals surface area contributed by atoms with Crippen molar-refractivity contribution < 1.29 is 4.79 Å². The molecule has 0 spiro atoms. The maximum Gasteiger partial charge on any atom is 0.255 e. The van der Waals surface area contributed by atoms with Crippen LogP contribution in [-0.4, -0.2) is 12.5 Å². The molecule has 1 amide bonds. The van der Waals surface area contributed by atoms with Gasteiger partial charge in [0.2, 0.25) is 0 Å². The first-order valence-corrected chi connectivity index (χ1v) is 7.28. The first kappa shape index (κ1) is 15.3. The van der Waals surface area contributed by atoms with Crippen molar-refractivity contribution in [2.24, 2.45) is 0 Å². The molecule has 110 valence electrons. The van der Waals surface area contributed by atoms with Gasteiger partial charge in [-0.15, -0.1) is 0 Å². The molecule has 2 aromatic carbocycles. The van der Waals surface area contributed by atoms with Gasteiger partial charge in [-0.3, -0.25) is 4.79 Å². The number of hydrogen-bond donors (Lipinski definition) is 2. The van der Waals surface area contributed by atoms with Crippen molar-refractivity contribution in [3.05, 3.63) is 64.7 Å². The Hall–Kier alpha value is -2.13. The predicted molar refractivity (Wildman–Crippen MR) is 87.7 cm³/mol. The topological polar surface area (TPSA) is 41.1 Å². The van der Waals surface area contributed by atoms with Gasteiger partial charge in [-0.05, 0) is 49.7 Å². The minimum Gasteiger partial charge on any atom is -0.322 e. The van der Waals surface area contributed by atoms with Crippen LogP contribution in [0.2, 0.25) is 0 Å². The zero-order valence-electron chi connectivity index (χ0n) is 12.9. The Morgan fingerprint density at radius 2 is 1.90 bits per heavy atom. The molecule has 0 heterocycles. The Balaban J connectivity index is 2.12. The maximum atomic E-state index is 12.3. The van der Waals surface area contributed by atoms with Crippen LogP contribution < -0.4 is 10.6 Å². The summed E-state index contributed by atoms with van der Waals surface area (Å²) in [7, 11) is 0. The monoisotopic (exact) mass is 282 g/mol. The van der Waals surface area contributed by atoms with Crippen LogP contribution in [0.1, 0.15) is 34.0 Å². The first-order valence-electron chi connectivity index (χ1n) is 7.28. The Morgan fingerprint density at radius 1 is 1.10 bits per heavy atom. The second kappa shape index (κ2) is 7.04. The van der Waals surface area contributed by atoms with E-state index in [4.69, 9.17) is 0 Å². The molecule has 0 aliphatic carbocycles. The predicted octanol–water partition coefficient (Wildman–Crippen LogP) is 3.67. The fraction of sp³-hybridized carbons (Fsp3) is 0.278. The van der Waals surface area contributed by atoms with E-state index < -0.39 is 0 Å². The number of aryl methyl sites for hydroxylation is 2. The summed E-state index contributed by atoms with van der Waals surface area (Å²) in [5, 5.41) is 6.25. The van der Waals surface area contributed by atoms with E-state index in [1.807, 2.05) is 50.2 Å². The molecule has 0 saturated heterocycles. The van der Waals surface area contributed by atoms with Crippen molar-refractivity contribution in [2.75, 3.05) is 11.9 Å². The van der Waals surface area contributed by atoms with Gasteiger partial charge in [-0.1, -0.05) is 36.8 Å². The van der Waals surface area contributed by atoms with Crippen molar-refractivity contribution in [3.8, 4) is 0 Å². The van der Waals surface area contributed by atoms with Crippen LogP contribution >= 0.6 is 0 Å². The zero-order valence-corrected chi connectivity index (χ0v) is 12.9. The molecule has 0 bridgehead atoms. The van der Waals surface area contributed by atoms with E-state index >= 15 is 0 Å². The SMILES string of the molecule is CCNCc1cccc(NC(=O)c2ccc(C)cc2C)c1. The molecule has 3 heteroatoms. The second-order valence-corrected chi connectivity index (χ2v) is 5.25. The maximum absolute atomic E-state index is 12.3. The lowest BCUT2D eigenvalue weighted by atomic mass is 10.1. The summed E-state index contributed by atoms with van der Waals surface area (Å²) < 4.78 is 0. The largest absolute Gasteiger partial charge is 0.322 e. The van der Waals surface area contributed by atoms with Gasteiger partial charge in [0.05, 0.1) is 0 Å².